The molecule has 11 rings (SSSR count). The summed E-state index contributed by atoms with van der Waals surface area (Å²) in [5.74, 6) is 7.04. The number of hydrogen-bond acceptors (Lipinski definition) is 6. The van der Waals surface area contributed by atoms with Crippen molar-refractivity contribution in [1.29, 1.82) is 0 Å². The van der Waals surface area contributed by atoms with Gasteiger partial charge in [0, 0.05) is 59.1 Å². The van der Waals surface area contributed by atoms with Crippen molar-refractivity contribution in [1.82, 2.24) is 0 Å². The van der Waals surface area contributed by atoms with Gasteiger partial charge in [0.15, 0.2) is 0 Å². The van der Waals surface area contributed by atoms with Crippen LogP contribution in [0.5, 0.6) is 0 Å². The number of rotatable bonds is 4. The molecular weight excluding hydrogens is 657 g/mol. The molecule has 6 nitrogen and oxygen atoms in total. The molecule has 1 spiro atoms. The van der Waals surface area contributed by atoms with Crippen molar-refractivity contribution in [3.8, 4) is 0 Å². The summed E-state index contributed by atoms with van der Waals surface area (Å²) in [6.45, 7) is 3.67. The van der Waals surface area contributed by atoms with E-state index in [-0.39, 0.29) is 41.7 Å². The summed E-state index contributed by atoms with van der Waals surface area (Å²) in [5.41, 5.74) is 13.2. The summed E-state index contributed by atoms with van der Waals surface area (Å²) in [6, 6.07) is 0. The van der Waals surface area contributed by atoms with E-state index in [4.69, 9.17) is 24.4 Å². The Bertz CT molecular complexity index is 1970. The Morgan fingerprint density at radius 2 is 1.85 bits per heavy atom. The highest BCUT2D eigenvalue weighted by molar-refractivity contribution is 5.80. The van der Waals surface area contributed by atoms with Gasteiger partial charge in [-0.3, -0.25) is 4.99 Å². The highest BCUT2D eigenvalue weighted by Gasteiger charge is 2.65. The van der Waals surface area contributed by atoms with Gasteiger partial charge in [-0.2, -0.15) is 0 Å². The van der Waals surface area contributed by atoms with Gasteiger partial charge < -0.3 is 24.4 Å². The van der Waals surface area contributed by atoms with Crippen molar-refractivity contribution in [2.45, 2.75) is 108 Å². The maximum atomic E-state index is 7.29. The summed E-state index contributed by atoms with van der Waals surface area (Å²) >= 11 is 0. The molecule has 0 radical (unpaired) electrons. The van der Waals surface area contributed by atoms with Crippen molar-refractivity contribution in [2.75, 3.05) is 13.1 Å². The predicted molar refractivity (Wildman–Crippen MR) is 207 cm³/mol. The molecule has 2 N–H and O–H groups in total. The van der Waals surface area contributed by atoms with Gasteiger partial charge in [0.25, 0.3) is 0 Å². The van der Waals surface area contributed by atoms with Crippen molar-refractivity contribution >= 4 is 6.21 Å². The molecule has 2 saturated heterocycles. The summed E-state index contributed by atoms with van der Waals surface area (Å²) in [5, 5.41) is 0. The number of ether oxygens (including phenoxy) is 3. The summed E-state index contributed by atoms with van der Waals surface area (Å²) in [4.78, 5) is 4.55. The zero-order chi connectivity index (χ0) is 35.3. The van der Waals surface area contributed by atoms with E-state index in [0.29, 0.717) is 36.1 Å². The van der Waals surface area contributed by atoms with Crippen LogP contribution in [0.4, 0.5) is 0 Å². The van der Waals surface area contributed by atoms with Crippen LogP contribution in [0.25, 0.3) is 0 Å². The third-order valence-electron chi connectivity index (χ3n) is 15.1. The van der Waals surface area contributed by atoms with Crippen LogP contribution in [0.15, 0.2) is 104 Å². The van der Waals surface area contributed by atoms with Crippen LogP contribution in [0.1, 0.15) is 93.3 Å². The van der Waals surface area contributed by atoms with Gasteiger partial charge >= 0.3 is 0 Å². The molecule has 53 heavy (non-hydrogen) atoms. The molecule has 12 atom stereocenters. The van der Waals surface area contributed by atoms with Crippen molar-refractivity contribution in [3.63, 3.8) is 0 Å². The van der Waals surface area contributed by atoms with Crippen LogP contribution in [-0.4, -0.2) is 43.7 Å². The van der Waals surface area contributed by atoms with E-state index in [1.165, 1.54) is 33.6 Å². The third kappa shape index (κ3) is 4.86. The van der Waals surface area contributed by atoms with Crippen molar-refractivity contribution < 1.29 is 18.6 Å². The van der Waals surface area contributed by atoms with E-state index in [2.05, 4.69) is 78.8 Å². The highest BCUT2D eigenvalue weighted by Crippen LogP contribution is 2.66. The fourth-order valence-corrected chi connectivity index (χ4v) is 13.1. The first-order valence-corrected chi connectivity index (χ1v) is 21.0. The standard InChI is InChI=1S/C47H54N2O4/c1-27-30(20-22-48)45-31(8-6-14-40(45)50-27)28-16-18-36-42(24-28)51-38-12-4-2-10-34(38)47(36)35-11-3-5-13-39(35)52-43-25-29(17-19-37(43)47)32-9-7-15-41-46(32)33-21-23-49-26-44(33)53-41/h5-6,10,12-14,16-19,25-26,28,31-32,35-37,39-40,42-43,45H,2-4,7-9,11,15,20-24,48H2,1H3. The van der Waals surface area contributed by atoms with Gasteiger partial charge in [0.2, 0.25) is 0 Å². The minimum absolute atomic E-state index is 0.00873. The number of fused-ring (bicyclic) bond motifs is 12. The number of nitrogens with two attached hydrogens (primary N) is 1. The molecule has 1 aromatic heterocycles. The van der Waals surface area contributed by atoms with Crippen LogP contribution in [0.2, 0.25) is 0 Å². The molecule has 6 aliphatic carbocycles. The zero-order valence-corrected chi connectivity index (χ0v) is 31.1. The van der Waals surface area contributed by atoms with Gasteiger partial charge in [-0.25, -0.2) is 0 Å². The highest BCUT2D eigenvalue weighted by atomic mass is 16.5. The quantitative estimate of drug-likeness (QED) is 0.316. The fourth-order valence-electron chi connectivity index (χ4n) is 13.1. The molecule has 10 aliphatic rings. The molecule has 0 aromatic carbocycles. The molecule has 4 aliphatic heterocycles. The van der Waals surface area contributed by atoms with E-state index >= 15 is 0 Å². The Kier molecular flexibility index (Phi) is 7.88. The molecule has 0 amide bonds. The van der Waals surface area contributed by atoms with Crippen LogP contribution in [-0.2, 0) is 27.1 Å². The Labute approximate surface area is 314 Å². The van der Waals surface area contributed by atoms with E-state index in [9.17, 15) is 0 Å². The molecule has 0 bridgehead atoms. The Morgan fingerprint density at radius 1 is 0.925 bits per heavy atom. The number of furan rings is 1. The second-order valence-corrected chi connectivity index (χ2v) is 17.5. The van der Waals surface area contributed by atoms with E-state index < -0.39 is 0 Å². The lowest BCUT2D eigenvalue weighted by Gasteiger charge is -2.64. The van der Waals surface area contributed by atoms with Crippen molar-refractivity contribution in [2.24, 2.45) is 51.6 Å². The molecule has 0 saturated carbocycles. The summed E-state index contributed by atoms with van der Waals surface area (Å²) in [6.07, 6.45) is 41.5. The molecule has 1 aromatic rings. The minimum Gasteiger partial charge on any atom is -0.490 e. The molecule has 12 unspecified atom stereocenters. The lowest BCUT2D eigenvalue weighted by atomic mass is 9.46. The Morgan fingerprint density at radius 3 is 2.79 bits per heavy atom. The zero-order valence-electron chi connectivity index (χ0n) is 31.1. The maximum absolute atomic E-state index is 7.29. The lowest BCUT2D eigenvalue weighted by molar-refractivity contribution is -0.177. The average Bonchev–Trinajstić information content (AvgIpc) is 3.74. The van der Waals surface area contributed by atoms with Crippen LogP contribution in [0, 0.1) is 40.9 Å². The molecule has 6 heteroatoms. The van der Waals surface area contributed by atoms with Gasteiger partial charge in [-0.05, 0) is 118 Å². The summed E-state index contributed by atoms with van der Waals surface area (Å²) in [7, 11) is 0. The molecule has 276 valence electrons. The number of aryl methyl sites for hydroxylation is 1. The second kappa shape index (κ2) is 12.7. The topological polar surface area (TPSA) is 79.2 Å². The second-order valence-electron chi connectivity index (χ2n) is 17.5. The summed E-state index contributed by atoms with van der Waals surface area (Å²) < 4.78 is 27.4. The fraction of sp³-hybridized carbons (Fsp3) is 0.553. The number of allylic oxidation sites excluding steroid dienone is 9. The average molecular weight is 711 g/mol. The van der Waals surface area contributed by atoms with Gasteiger partial charge in [0.1, 0.15) is 29.5 Å². The Hall–Kier alpha value is -3.61. The predicted octanol–water partition coefficient (Wildman–Crippen LogP) is 8.92. The molecule has 5 heterocycles. The smallest absolute Gasteiger partial charge is 0.148 e. The molecule has 2 fully saturated rings. The SMILES string of the molecule is CC1=C(CCN)C2C(C=CCC2C2C=CC3C(C2)OC2=CCCC=C2C32C3C=CC(C4CCCc5oc6c(c54)CCN=C6)=CC3OC3C=CCCC32)O1. The van der Waals surface area contributed by atoms with Crippen LogP contribution in [0.3, 0.4) is 0 Å². The normalized spacial score (nSPS) is 41.5. The first-order chi connectivity index (χ1) is 26.1. The third-order valence-corrected chi connectivity index (χ3v) is 15.1. The van der Waals surface area contributed by atoms with Crippen LogP contribution >= 0.6 is 0 Å². The van der Waals surface area contributed by atoms with Gasteiger partial charge in [-0.15, -0.1) is 0 Å². The first kappa shape index (κ1) is 32.8. The monoisotopic (exact) mass is 710 g/mol. The lowest BCUT2D eigenvalue weighted by Crippen LogP contribution is -2.63. The van der Waals surface area contributed by atoms with Gasteiger partial charge in [-0.1, -0.05) is 54.7 Å². The van der Waals surface area contributed by atoms with Crippen molar-refractivity contribution in [3.05, 3.63) is 118 Å². The number of nitrogens with zero attached hydrogens (tertiary/aromatic N) is 1. The maximum Gasteiger partial charge on any atom is 0.148 e. The largest absolute Gasteiger partial charge is 0.490 e. The first-order valence-electron chi connectivity index (χ1n) is 21.0. The number of hydrogen-bond donors (Lipinski definition) is 1. The minimum atomic E-state index is -0.0941. The number of aliphatic imine (C=N–C) groups is 1. The van der Waals surface area contributed by atoms with Crippen LogP contribution < -0.4 is 5.73 Å². The molecular formula is C47H54N2O4. The van der Waals surface area contributed by atoms with Gasteiger partial charge in [0.05, 0.1) is 24.2 Å². The Balaban J connectivity index is 0.993. The van der Waals surface area contributed by atoms with E-state index in [0.717, 1.165) is 94.5 Å². The van der Waals surface area contributed by atoms with E-state index in [1.54, 1.807) is 0 Å². The van der Waals surface area contributed by atoms with E-state index in [1.807, 2.05) is 6.21 Å².